The highest BCUT2D eigenvalue weighted by atomic mass is 32.1. The van der Waals surface area contributed by atoms with E-state index in [9.17, 15) is 5.11 Å². The Balaban J connectivity index is 1.40. The Labute approximate surface area is 192 Å². The number of aromatic nitrogens is 4. The summed E-state index contributed by atoms with van der Waals surface area (Å²) >= 11 is 1.70. The lowest BCUT2D eigenvalue weighted by molar-refractivity contribution is 0.161. The van der Waals surface area contributed by atoms with Gasteiger partial charge in [0, 0.05) is 47.5 Å². The lowest BCUT2D eigenvalue weighted by Gasteiger charge is -2.49. The van der Waals surface area contributed by atoms with Crippen LogP contribution in [0.2, 0.25) is 0 Å². The third-order valence-corrected chi connectivity index (χ3v) is 7.43. The van der Waals surface area contributed by atoms with Crippen LogP contribution in [-0.4, -0.2) is 49.3 Å². The molecule has 7 nitrogen and oxygen atoms in total. The Kier molecular flexibility index (Phi) is 4.83. The molecule has 32 heavy (non-hydrogen) atoms. The number of fused-ring (bicyclic) bond motifs is 1. The zero-order valence-corrected chi connectivity index (χ0v) is 20.0. The minimum Gasteiger partial charge on any atom is -0.506 e. The molecule has 0 radical (unpaired) electrons. The zero-order chi connectivity index (χ0) is 22.7. The number of benzene rings is 1. The number of nitrogens with zero attached hydrogens (tertiary/aromatic N) is 4. The van der Waals surface area contributed by atoms with Crippen molar-refractivity contribution in [3.8, 4) is 22.6 Å². The lowest BCUT2D eigenvalue weighted by Crippen LogP contribution is -2.61. The molecule has 168 valence electrons. The molecule has 5 rings (SSSR count). The number of rotatable bonds is 4. The topological polar surface area (TPSA) is 82.0 Å². The SMILES string of the molecule is CN(c1cc2cn(-c3ccc(-c4cn[nH]c4)cc3O)nc2s1)C1CC(C)(C)NC(C)(C)C1. The van der Waals surface area contributed by atoms with Crippen LogP contribution in [0.3, 0.4) is 0 Å². The summed E-state index contributed by atoms with van der Waals surface area (Å²) < 4.78 is 1.76. The number of thiophene rings is 1. The molecule has 3 aromatic heterocycles. The number of piperidine rings is 1. The molecular formula is C24H30N6OS. The summed E-state index contributed by atoms with van der Waals surface area (Å²) in [7, 11) is 2.20. The normalized spacial score (nSPS) is 18.3. The van der Waals surface area contributed by atoms with E-state index in [1.165, 1.54) is 5.00 Å². The second-order valence-corrected chi connectivity index (χ2v) is 11.2. The molecule has 0 unspecified atom stereocenters. The van der Waals surface area contributed by atoms with E-state index < -0.39 is 0 Å². The molecule has 1 fully saturated rings. The molecule has 4 aromatic rings. The first-order chi connectivity index (χ1) is 15.1. The van der Waals surface area contributed by atoms with Gasteiger partial charge < -0.3 is 15.3 Å². The number of phenols is 1. The van der Waals surface area contributed by atoms with Gasteiger partial charge in [0.1, 0.15) is 16.3 Å². The first-order valence-corrected chi connectivity index (χ1v) is 11.8. The molecule has 1 aliphatic heterocycles. The van der Waals surface area contributed by atoms with Crippen LogP contribution in [0.4, 0.5) is 5.00 Å². The maximum atomic E-state index is 10.6. The highest BCUT2D eigenvalue weighted by Crippen LogP contribution is 2.38. The maximum absolute atomic E-state index is 10.6. The van der Waals surface area contributed by atoms with Crippen LogP contribution in [0.1, 0.15) is 40.5 Å². The van der Waals surface area contributed by atoms with Crippen molar-refractivity contribution >= 4 is 26.6 Å². The number of aromatic amines is 1. The first-order valence-electron chi connectivity index (χ1n) is 10.9. The van der Waals surface area contributed by atoms with Gasteiger partial charge in [-0.2, -0.15) is 10.2 Å². The minimum absolute atomic E-state index is 0.105. The van der Waals surface area contributed by atoms with E-state index in [1.54, 1.807) is 34.5 Å². The van der Waals surface area contributed by atoms with Crippen LogP contribution in [0.15, 0.2) is 42.9 Å². The highest BCUT2D eigenvalue weighted by molar-refractivity contribution is 7.22. The van der Waals surface area contributed by atoms with Gasteiger partial charge in [-0.3, -0.25) is 5.10 Å². The molecule has 1 aliphatic rings. The summed E-state index contributed by atoms with van der Waals surface area (Å²) in [6.07, 6.45) is 7.73. The molecule has 0 bridgehead atoms. The standard InChI is InChI=1S/C24H30N6OS/c1-23(2)10-18(11-24(3,4)28-23)29(5)21-9-16-14-30(27-22(16)32-21)19-7-6-15(8-20(19)31)17-12-25-26-13-17/h6-9,12-14,18,28,31H,10-11H2,1-5H3,(H,25,26). The lowest BCUT2D eigenvalue weighted by atomic mass is 9.79. The van der Waals surface area contributed by atoms with Crippen LogP contribution < -0.4 is 10.2 Å². The molecule has 4 heterocycles. The number of H-pyrrole nitrogens is 1. The van der Waals surface area contributed by atoms with Crippen LogP contribution in [0.25, 0.3) is 27.0 Å². The van der Waals surface area contributed by atoms with Gasteiger partial charge in [0.25, 0.3) is 0 Å². The predicted molar refractivity (Wildman–Crippen MR) is 131 cm³/mol. The summed E-state index contributed by atoms with van der Waals surface area (Å²) in [5.74, 6) is 0.190. The molecule has 3 N–H and O–H groups in total. The Morgan fingerprint density at radius 3 is 2.50 bits per heavy atom. The highest BCUT2D eigenvalue weighted by Gasteiger charge is 2.39. The molecule has 0 saturated carbocycles. The monoisotopic (exact) mass is 450 g/mol. The third kappa shape index (κ3) is 3.89. The van der Waals surface area contributed by atoms with Crippen molar-refractivity contribution in [3.63, 3.8) is 0 Å². The van der Waals surface area contributed by atoms with Crippen LogP contribution in [-0.2, 0) is 0 Å². The van der Waals surface area contributed by atoms with Crippen molar-refractivity contribution in [2.24, 2.45) is 0 Å². The van der Waals surface area contributed by atoms with E-state index in [1.807, 2.05) is 18.3 Å². The minimum atomic E-state index is 0.105. The van der Waals surface area contributed by atoms with E-state index in [-0.39, 0.29) is 16.8 Å². The molecule has 8 heteroatoms. The van der Waals surface area contributed by atoms with Gasteiger partial charge in [0.2, 0.25) is 0 Å². The van der Waals surface area contributed by atoms with Crippen molar-refractivity contribution in [1.82, 2.24) is 25.3 Å². The summed E-state index contributed by atoms with van der Waals surface area (Å²) in [6.45, 7) is 9.14. The van der Waals surface area contributed by atoms with Crippen molar-refractivity contribution in [1.29, 1.82) is 0 Å². The van der Waals surface area contributed by atoms with E-state index in [4.69, 9.17) is 5.10 Å². The van der Waals surface area contributed by atoms with Gasteiger partial charge in [-0.25, -0.2) is 4.68 Å². The fourth-order valence-corrected chi connectivity index (χ4v) is 6.17. The fraction of sp³-hybridized carbons (Fsp3) is 0.417. The smallest absolute Gasteiger partial charge is 0.147 e. The summed E-state index contributed by atoms with van der Waals surface area (Å²) in [6, 6.07) is 8.28. The number of aromatic hydroxyl groups is 1. The molecule has 0 aliphatic carbocycles. The second-order valence-electron chi connectivity index (χ2n) is 10.2. The number of hydrogen-bond donors (Lipinski definition) is 3. The summed E-state index contributed by atoms with van der Waals surface area (Å²) in [5, 5.41) is 28.2. The van der Waals surface area contributed by atoms with Gasteiger partial charge >= 0.3 is 0 Å². The van der Waals surface area contributed by atoms with Gasteiger partial charge in [-0.05, 0) is 64.3 Å². The number of nitrogens with one attached hydrogen (secondary N) is 2. The van der Waals surface area contributed by atoms with Gasteiger partial charge in [-0.15, -0.1) is 0 Å². The van der Waals surface area contributed by atoms with Gasteiger partial charge in [0.05, 0.1) is 11.2 Å². The fourth-order valence-electron chi connectivity index (χ4n) is 5.14. The predicted octanol–water partition coefficient (Wildman–Crippen LogP) is 4.93. The van der Waals surface area contributed by atoms with Crippen LogP contribution in [0.5, 0.6) is 5.75 Å². The largest absolute Gasteiger partial charge is 0.506 e. The molecule has 0 spiro atoms. The molecule has 1 saturated heterocycles. The summed E-state index contributed by atoms with van der Waals surface area (Å²) in [5.41, 5.74) is 2.72. The average molecular weight is 451 g/mol. The second kappa shape index (κ2) is 7.35. The van der Waals surface area contributed by atoms with Gasteiger partial charge in [0.15, 0.2) is 0 Å². The Morgan fingerprint density at radius 2 is 1.88 bits per heavy atom. The molecule has 0 atom stereocenters. The Morgan fingerprint density at radius 1 is 1.12 bits per heavy atom. The van der Waals surface area contributed by atoms with E-state index in [0.717, 1.165) is 34.2 Å². The Bertz CT molecular complexity index is 1210. The van der Waals surface area contributed by atoms with Crippen molar-refractivity contribution in [2.75, 3.05) is 11.9 Å². The number of hydrogen-bond acceptors (Lipinski definition) is 6. The van der Waals surface area contributed by atoms with Gasteiger partial charge in [-0.1, -0.05) is 17.4 Å². The van der Waals surface area contributed by atoms with Crippen LogP contribution in [0, 0.1) is 0 Å². The quantitative estimate of drug-likeness (QED) is 0.411. The van der Waals surface area contributed by atoms with Crippen molar-refractivity contribution in [2.45, 2.75) is 57.7 Å². The molecular weight excluding hydrogens is 420 g/mol. The first kappa shape index (κ1) is 21.0. The number of phenolic OH excluding ortho intramolecular Hbond substituents is 1. The zero-order valence-electron chi connectivity index (χ0n) is 19.2. The van der Waals surface area contributed by atoms with Crippen LogP contribution >= 0.6 is 11.3 Å². The average Bonchev–Trinajstić information content (AvgIpc) is 3.41. The van der Waals surface area contributed by atoms with E-state index >= 15 is 0 Å². The van der Waals surface area contributed by atoms with Crippen molar-refractivity contribution < 1.29 is 5.11 Å². The van der Waals surface area contributed by atoms with Crippen molar-refractivity contribution in [3.05, 3.63) is 42.9 Å². The van der Waals surface area contributed by atoms with E-state index in [0.29, 0.717) is 11.7 Å². The number of anilines is 1. The molecule has 0 amide bonds. The summed E-state index contributed by atoms with van der Waals surface area (Å²) in [4.78, 5) is 3.38. The Hall–Kier alpha value is -2.84. The maximum Gasteiger partial charge on any atom is 0.147 e. The van der Waals surface area contributed by atoms with E-state index in [2.05, 4.69) is 61.2 Å². The third-order valence-electron chi connectivity index (χ3n) is 6.30. The molecule has 1 aromatic carbocycles.